The molecule has 32 heavy (non-hydrogen) atoms. The van der Waals surface area contributed by atoms with Gasteiger partial charge in [-0.1, -0.05) is 6.58 Å². The predicted molar refractivity (Wildman–Crippen MR) is 66.7 cm³/mol. The second-order valence-electron chi connectivity index (χ2n) is 6.05. The van der Waals surface area contributed by atoms with E-state index in [-0.39, 0.29) is 0 Å². The molecule has 0 aromatic carbocycles. The first-order valence-electron chi connectivity index (χ1n) is 7.20. The van der Waals surface area contributed by atoms with E-state index >= 15 is 0 Å². The molecule has 0 rings (SSSR count). The molecule has 19 heteroatoms. The zero-order valence-corrected chi connectivity index (χ0v) is 14.4. The number of aliphatic carboxylic acids is 1. The number of carboxylic acids is 1. The van der Waals surface area contributed by atoms with Crippen molar-refractivity contribution in [2.45, 2.75) is 60.5 Å². The minimum Gasteiger partial charge on any atom is -0.478 e. The number of carboxylic acid groups (broad SMARTS) is 1. The molecule has 2 nitrogen and oxygen atoms in total. The van der Waals surface area contributed by atoms with Crippen LogP contribution in [0.25, 0.3) is 0 Å². The lowest BCUT2D eigenvalue weighted by Crippen LogP contribution is -2.73. The highest BCUT2D eigenvalue weighted by molar-refractivity contribution is 5.88. The van der Waals surface area contributed by atoms with E-state index in [1.54, 1.807) is 6.58 Å². The molecule has 0 amide bonds. The van der Waals surface area contributed by atoms with Gasteiger partial charge in [-0.3, -0.25) is 0 Å². The maximum absolute atomic E-state index is 13.4. The Hall–Kier alpha value is -1.98. The number of hydrogen-bond donors (Lipinski definition) is 1. The molecule has 190 valence electrons. The Morgan fingerprint density at radius 1 is 0.562 bits per heavy atom. The third kappa shape index (κ3) is 4.29. The van der Waals surface area contributed by atoms with Gasteiger partial charge in [0.25, 0.3) is 0 Å². The Bertz CT molecular complexity index is 733. The van der Waals surface area contributed by atoms with Crippen molar-refractivity contribution in [3.63, 3.8) is 0 Å². The Kier molecular flexibility index (Phi) is 7.32. The summed E-state index contributed by atoms with van der Waals surface area (Å²) in [7, 11) is 0. The molecule has 0 aliphatic rings. The summed E-state index contributed by atoms with van der Waals surface area (Å²) >= 11 is 0. The molecule has 0 aliphatic heterocycles. The molecule has 0 aromatic rings. The van der Waals surface area contributed by atoms with E-state index in [1.165, 1.54) is 0 Å². The van der Waals surface area contributed by atoms with E-state index in [0.717, 1.165) is 0 Å². The molecule has 0 radical (unpaired) electrons. The summed E-state index contributed by atoms with van der Waals surface area (Å²) in [6, 6.07) is 0. The van der Waals surface area contributed by atoms with Crippen LogP contribution in [-0.2, 0) is 4.79 Å². The first-order chi connectivity index (χ1) is 13.6. The predicted octanol–water partition coefficient (Wildman–Crippen LogP) is 6.42. The zero-order valence-electron chi connectivity index (χ0n) is 14.4. The minimum absolute atomic E-state index is 1.62. The van der Waals surface area contributed by atoms with Crippen molar-refractivity contribution in [1.29, 1.82) is 0 Å². The molecule has 0 saturated heterocycles. The number of rotatable bonds is 10. The highest BCUT2D eigenvalue weighted by Crippen LogP contribution is 2.63. The molecular formula is C13H7F17O2. The molecule has 0 saturated carbocycles. The van der Waals surface area contributed by atoms with Crippen LogP contribution in [0.4, 0.5) is 74.6 Å². The molecule has 0 aliphatic carbocycles. The maximum atomic E-state index is 13.4. The average molecular weight is 518 g/mol. The van der Waals surface area contributed by atoms with Crippen molar-refractivity contribution < 1.29 is 84.5 Å². The molecule has 0 atom stereocenters. The lowest BCUT2D eigenvalue weighted by Gasteiger charge is -2.42. The molecule has 0 fully saturated rings. The van der Waals surface area contributed by atoms with Gasteiger partial charge >= 0.3 is 53.6 Å². The van der Waals surface area contributed by atoms with Gasteiger partial charge in [-0.25, -0.2) is 4.79 Å². The zero-order chi connectivity index (χ0) is 26.6. The molecule has 1 N–H and O–H groups in total. The van der Waals surface area contributed by atoms with E-state index < -0.39 is 72.0 Å². The largest absolute Gasteiger partial charge is 0.478 e. The second-order valence-corrected chi connectivity index (χ2v) is 6.05. The maximum Gasteiger partial charge on any atom is 0.389 e. The number of halogens is 17. The van der Waals surface area contributed by atoms with Crippen LogP contribution in [0.5, 0.6) is 0 Å². The SMILES string of the molecule is C=C(C(=O)O)C(F)(F)C(F)(F)C(F)(F)C(F)(F)C(F)(F)C(F)(F)C(F)(F)CCC(F)(F)F. The Morgan fingerprint density at radius 2 is 0.875 bits per heavy atom. The summed E-state index contributed by atoms with van der Waals surface area (Å²) < 4.78 is 222. The summed E-state index contributed by atoms with van der Waals surface area (Å²) in [4.78, 5) is 10.2. The summed E-state index contributed by atoms with van der Waals surface area (Å²) in [5.41, 5.74) is -3.32. The van der Waals surface area contributed by atoms with Crippen molar-refractivity contribution >= 4 is 5.97 Å². The highest BCUT2D eigenvalue weighted by Gasteiger charge is 2.93. The lowest BCUT2D eigenvalue weighted by atomic mass is 9.86. The number of carbonyl (C=O) groups is 1. The van der Waals surface area contributed by atoms with Gasteiger partial charge in [0.05, 0.1) is 0 Å². The second kappa shape index (κ2) is 7.81. The van der Waals surface area contributed by atoms with Gasteiger partial charge in [0.15, 0.2) is 0 Å². The van der Waals surface area contributed by atoms with Gasteiger partial charge in [0.1, 0.15) is 5.57 Å². The first kappa shape index (κ1) is 30.0. The van der Waals surface area contributed by atoms with Gasteiger partial charge in [-0.2, -0.15) is 74.6 Å². The van der Waals surface area contributed by atoms with Gasteiger partial charge in [0, 0.05) is 12.8 Å². The molecule has 0 bridgehead atoms. The Balaban J connectivity index is 6.60. The molecule has 0 spiro atoms. The summed E-state index contributed by atoms with van der Waals surface area (Å²) in [6.07, 6.45) is -12.3. The van der Waals surface area contributed by atoms with Gasteiger partial charge in [-0.15, -0.1) is 0 Å². The summed E-state index contributed by atoms with van der Waals surface area (Å²) in [5.74, 6) is -58.4. The molecular weight excluding hydrogens is 511 g/mol. The van der Waals surface area contributed by atoms with Crippen LogP contribution in [0.15, 0.2) is 12.2 Å². The van der Waals surface area contributed by atoms with Crippen LogP contribution >= 0.6 is 0 Å². The molecule has 0 aromatic heterocycles. The van der Waals surface area contributed by atoms with Crippen LogP contribution in [0.1, 0.15) is 12.8 Å². The van der Waals surface area contributed by atoms with Crippen LogP contribution in [0.2, 0.25) is 0 Å². The average Bonchev–Trinajstić information content (AvgIpc) is 2.57. The molecule has 0 unspecified atom stereocenters. The lowest BCUT2D eigenvalue weighted by molar-refractivity contribution is -0.439. The minimum atomic E-state index is -8.52. The van der Waals surface area contributed by atoms with Crippen LogP contribution in [0, 0.1) is 0 Å². The smallest absolute Gasteiger partial charge is 0.389 e. The van der Waals surface area contributed by atoms with E-state index in [4.69, 9.17) is 5.11 Å². The summed E-state index contributed by atoms with van der Waals surface area (Å²) in [5, 5.41) is 8.07. The Labute approximate surface area is 164 Å². The standard InChI is InChI=1S/C13H7F17O2/c1-4(5(31)32)8(19,20)10(23,24)12(27,28)13(29,30)11(25,26)9(21,22)6(14,15)2-3-7(16,17)18/h1-3H2,(H,31,32). The third-order valence-electron chi connectivity index (χ3n) is 3.79. The molecule has 0 heterocycles. The normalized spacial score (nSPS) is 15.7. The fourth-order valence-corrected chi connectivity index (χ4v) is 1.80. The monoisotopic (exact) mass is 518 g/mol. The fourth-order valence-electron chi connectivity index (χ4n) is 1.80. The highest BCUT2D eigenvalue weighted by atomic mass is 19.4. The first-order valence-corrected chi connectivity index (χ1v) is 7.20. The van der Waals surface area contributed by atoms with Crippen molar-refractivity contribution in [2.75, 3.05) is 0 Å². The van der Waals surface area contributed by atoms with E-state index in [0.29, 0.717) is 0 Å². The quantitative estimate of drug-likeness (QED) is 0.268. The van der Waals surface area contributed by atoms with Crippen molar-refractivity contribution in [1.82, 2.24) is 0 Å². The topological polar surface area (TPSA) is 37.3 Å². The van der Waals surface area contributed by atoms with E-state index in [2.05, 4.69) is 0 Å². The van der Waals surface area contributed by atoms with E-state index in [9.17, 15) is 79.4 Å². The van der Waals surface area contributed by atoms with Crippen molar-refractivity contribution in [3.05, 3.63) is 12.2 Å². The van der Waals surface area contributed by atoms with Gasteiger partial charge in [-0.05, 0) is 0 Å². The third-order valence-corrected chi connectivity index (χ3v) is 3.79. The van der Waals surface area contributed by atoms with Crippen molar-refractivity contribution in [2.24, 2.45) is 0 Å². The van der Waals surface area contributed by atoms with Gasteiger partial charge < -0.3 is 5.11 Å². The number of alkyl halides is 17. The van der Waals surface area contributed by atoms with Gasteiger partial charge in [0.2, 0.25) is 0 Å². The Morgan fingerprint density at radius 3 is 1.19 bits per heavy atom. The van der Waals surface area contributed by atoms with Crippen molar-refractivity contribution in [3.8, 4) is 0 Å². The number of hydrogen-bond acceptors (Lipinski definition) is 1. The van der Waals surface area contributed by atoms with E-state index in [1.807, 2.05) is 0 Å². The fraction of sp³-hybridized carbons (Fsp3) is 0.769. The van der Waals surface area contributed by atoms with Crippen LogP contribution in [-0.4, -0.2) is 58.7 Å². The summed E-state index contributed by atoms with van der Waals surface area (Å²) in [6.45, 7) is 1.62. The van der Waals surface area contributed by atoms with Crippen LogP contribution < -0.4 is 0 Å². The van der Waals surface area contributed by atoms with Crippen LogP contribution in [0.3, 0.4) is 0 Å².